The first-order valence-corrected chi connectivity index (χ1v) is 7.55. The summed E-state index contributed by atoms with van der Waals surface area (Å²) in [7, 11) is 0. The summed E-state index contributed by atoms with van der Waals surface area (Å²) in [5.74, 6) is -0.441. The van der Waals surface area contributed by atoms with Gasteiger partial charge in [0.1, 0.15) is 28.8 Å². The second-order valence-electron chi connectivity index (χ2n) is 6.38. The highest BCUT2D eigenvalue weighted by Gasteiger charge is 2.32. The number of benzene rings is 1. The first-order chi connectivity index (χ1) is 12.0. The third kappa shape index (κ3) is 4.51. The summed E-state index contributed by atoms with van der Waals surface area (Å²) >= 11 is 0. The van der Waals surface area contributed by atoms with Gasteiger partial charge in [-0.25, -0.2) is 0 Å². The number of nitriles is 1. The van der Waals surface area contributed by atoms with Crippen molar-refractivity contribution in [1.82, 2.24) is 4.98 Å². The molecular formula is C18H16F3N3O2. The van der Waals surface area contributed by atoms with E-state index in [1.807, 2.05) is 6.07 Å². The van der Waals surface area contributed by atoms with Crippen molar-refractivity contribution < 1.29 is 23.1 Å². The van der Waals surface area contributed by atoms with E-state index in [1.54, 1.807) is 20.8 Å². The highest BCUT2D eigenvalue weighted by atomic mass is 19.4. The Hall–Kier alpha value is -3.08. The van der Waals surface area contributed by atoms with Crippen LogP contribution in [0.25, 0.3) is 0 Å². The van der Waals surface area contributed by atoms with Crippen LogP contribution in [0.4, 0.5) is 13.2 Å². The largest absolute Gasteiger partial charge is 0.507 e. The summed E-state index contributed by atoms with van der Waals surface area (Å²) in [4.78, 5) is 9.36. The fraction of sp³-hybridized carbons (Fsp3) is 0.278. The molecule has 0 aliphatic carbocycles. The van der Waals surface area contributed by atoms with Gasteiger partial charge in [0.25, 0.3) is 0 Å². The molecule has 1 aromatic heterocycles. The number of phenolic OH excluding ortho intramolecular Hbond substituents is 1. The molecule has 0 amide bonds. The van der Waals surface area contributed by atoms with Crippen LogP contribution >= 0.6 is 0 Å². The van der Waals surface area contributed by atoms with E-state index >= 15 is 0 Å². The molecule has 1 aromatic carbocycles. The number of oxime groups is 1. The number of nitrogens with zero attached hydrogens (tertiary/aromatic N) is 3. The number of halogens is 3. The number of aromatic hydroxyl groups is 1. The van der Waals surface area contributed by atoms with Crippen molar-refractivity contribution in [3.8, 4) is 11.8 Å². The van der Waals surface area contributed by atoms with E-state index in [1.165, 1.54) is 18.3 Å². The Labute approximate surface area is 148 Å². The van der Waals surface area contributed by atoms with Crippen LogP contribution in [0.3, 0.4) is 0 Å². The second kappa shape index (κ2) is 7.04. The van der Waals surface area contributed by atoms with E-state index in [0.717, 1.165) is 18.2 Å². The van der Waals surface area contributed by atoms with Crippen molar-refractivity contribution in [2.24, 2.45) is 5.16 Å². The molecule has 0 unspecified atom stereocenters. The Balaban J connectivity index is 2.72. The third-order valence-corrected chi connectivity index (χ3v) is 3.14. The molecule has 0 saturated carbocycles. The molecule has 0 radical (unpaired) electrons. The van der Waals surface area contributed by atoms with Gasteiger partial charge in [0, 0.05) is 11.8 Å². The normalized spacial score (nSPS) is 12.6. The highest BCUT2D eigenvalue weighted by Crippen LogP contribution is 2.33. The fourth-order valence-electron chi connectivity index (χ4n) is 1.99. The van der Waals surface area contributed by atoms with Crippen LogP contribution in [-0.4, -0.2) is 21.4 Å². The zero-order valence-corrected chi connectivity index (χ0v) is 14.3. The van der Waals surface area contributed by atoms with Gasteiger partial charge in [-0.05, 0) is 51.1 Å². The quantitative estimate of drug-likeness (QED) is 0.653. The van der Waals surface area contributed by atoms with Gasteiger partial charge < -0.3 is 9.94 Å². The molecule has 8 heteroatoms. The minimum atomic E-state index is -4.61. The Morgan fingerprint density at radius 3 is 2.50 bits per heavy atom. The number of aromatic nitrogens is 1. The average molecular weight is 363 g/mol. The van der Waals surface area contributed by atoms with Crippen molar-refractivity contribution >= 4 is 5.71 Å². The Kier molecular flexibility index (Phi) is 5.21. The maximum atomic E-state index is 13.1. The topological polar surface area (TPSA) is 78.5 Å². The Bertz CT molecular complexity index is 878. The van der Waals surface area contributed by atoms with Crippen molar-refractivity contribution in [2.75, 3.05) is 0 Å². The lowest BCUT2D eigenvalue weighted by molar-refractivity contribution is -0.137. The first kappa shape index (κ1) is 19.2. The molecule has 1 heterocycles. The molecule has 2 rings (SSSR count). The summed E-state index contributed by atoms with van der Waals surface area (Å²) in [5.41, 5.74) is -2.03. The monoisotopic (exact) mass is 363 g/mol. The Morgan fingerprint density at radius 2 is 1.92 bits per heavy atom. The molecule has 0 aliphatic heterocycles. The zero-order valence-electron chi connectivity index (χ0n) is 14.3. The fourth-order valence-corrected chi connectivity index (χ4v) is 1.99. The van der Waals surface area contributed by atoms with Crippen LogP contribution < -0.4 is 0 Å². The summed E-state index contributed by atoms with van der Waals surface area (Å²) in [6, 6.07) is 7.28. The number of pyridine rings is 1. The first-order valence-electron chi connectivity index (χ1n) is 7.55. The van der Waals surface area contributed by atoms with Gasteiger partial charge in [-0.3, -0.25) is 4.98 Å². The maximum absolute atomic E-state index is 13.1. The number of phenols is 1. The van der Waals surface area contributed by atoms with Gasteiger partial charge in [0.15, 0.2) is 0 Å². The SMILES string of the molecule is CC(C)(C)O/N=C(/c1cc(C(F)(F)F)ccc1O)c1ncccc1C#N. The molecule has 0 atom stereocenters. The molecule has 0 fully saturated rings. The highest BCUT2D eigenvalue weighted by molar-refractivity contribution is 6.14. The molecule has 0 saturated heterocycles. The lowest BCUT2D eigenvalue weighted by Crippen LogP contribution is -2.19. The van der Waals surface area contributed by atoms with Crippen LogP contribution in [-0.2, 0) is 11.0 Å². The van der Waals surface area contributed by atoms with E-state index in [9.17, 15) is 23.5 Å². The van der Waals surface area contributed by atoms with Crippen LogP contribution in [0.2, 0.25) is 0 Å². The molecule has 0 bridgehead atoms. The van der Waals surface area contributed by atoms with Crippen molar-refractivity contribution in [1.29, 1.82) is 5.26 Å². The van der Waals surface area contributed by atoms with Gasteiger partial charge in [-0.15, -0.1) is 0 Å². The van der Waals surface area contributed by atoms with E-state index in [0.29, 0.717) is 0 Å². The standard InChI is InChI=1S/C18H16F3N3O2/c1-17(2,3)26-24-16(15-11(10-22)5-4-8-23-15)13-9-12(18(19,20)21)6-7-14(13)25/h4-9,25H,1-3H3/b24-16-. The average Bonchev–Trinajstić information content (AvgIpc) is 2.54. The summed E-state index contributed by atoms with van der Waals surface area (Å²) < 4.78 is 39.2. The van der Waals surface area contributed by atoms with Crippen LogP contribution in [0.1, 0.15) is 43.2 Å². The van der Waals surface area contributed by atoms with Gasteiger partial charge >= 0.3 is 6.18 Å². The number of alkyl halides is 3. The zero-order chi connectivity index (χ0) is 19.5. The van der Waals surface area contributed by atoms with Crippen LogP contribution in [0, 0.1) is 11.3 Å². The number of hydrogen-bond acceptors (Lipinski definition) is 5. The number of hydrogen-bond donors (Lipinski definition) is 1. The van der Waals surface area contributed by atoms with Crippen molar-refractivity contribution in [3.63, 3.8) is 0 Å². The third-order valence-electron chi connectivity index (χ3n) is 3.14. The maximum Gasteiger partial charge on any atom is 0.416 e. The number of rotatable bonds is 3. The van der Waals surface area contributed by atoms with Gasteiger partial charge in [0.05, 0.1) is 11.1 Å². The second-order valence-corrected chi connectivity index (χ2v) is 6.38. The molecule has 2 aromatic rings. The summed E-state index contributed by atoms with van der Waals surface area (Å²) in [5, 5.41) is 23.3. The van der Waals surface area contributed by atoms with E-state index in [4.69, 9.17) is 4.84 Å². The minimum absolute atomic E-state index is 0.00822. The predicted molar refractivity (Wildman–Crippen MR) is 88.5 cm³/mol. The Morgan fingerprint density at radius 1 is 1.23 bits per heavy atom. The summed E-state index contributed by atoms with van der Waals surface area (Å²) in [6.45, 7) is 5.09. The molecule has 1 N–H and O–H groups in total. The van der Waals surface area contributed by atoms with Gasteiger partial charge in [-0.1, -0.05) is 5.16 Å². The minimum Gasteiger partial charge on any atom is -0.507 e. The lowest BCUT2D eigenvalue weighted by atomic mass is 10.00. The molecule has 0 aliphatic rings. The van der Waals surface area contributed by atoms with E-state index in [-0.39, 0.29) is 22.5 Å². The molecule has 5 nitrogen and oxygen atoms in total. The molecule has 136 valence electrons. The molecule has 0 spiro atoms. The van der Waals surface area contributed by atoms with Crippen LogP contribution in [0.15, 0.2) is 41.7 Å². The molecule has 26 heavy (non-hydrogen) atoms. The van der Waals surface area contributed by atoms with E-state index in [2.05, 4.69) is 10.1 Å². The van der Waals surface area contributed by atoms with Crippen molar-refractivity contribution in [2.45, 2.75) is 32.5 Å². The van der Waals surface area contributed by atoms with Crippen LogP contribution in [0.5, 0.6) is 5.75 Å². The summed E-state index contributed by atoms with van der Waals surface area (Å²) in [6.07, 6.45) is -3.24. The van der Waals surface area contributed by atoms with Crippen molar-refractivity contribution in [3.05, 3.63) is 58.9 Å². The van der Waals surface area contributed by atoms with Gasteiger partial charge in [-0.2, -0.15) is 18.4 Å². The van der Waals surface area contributed by atoms with Gasteiger partial charge in [0.2, 0.25) is 0 Å². The lowest BCUT2D eigenvalue weighted by Gasteiger charge is -2.18. The smallest absolute Gasteiger partial charge is 0.416 e. The predicted octanol–water partition coefficient (Wildman–Crippen LogP) is 4.25. The van der Waals surface area contributed by atoms with E-state index < -0.39 is 23.1 Å². The molecular weight excluding hydrogens is 347 g/mol.